The SMILES string of the molecule is CCc1c(F)ccc2cc(O)cc(-c3ncc4c(N(C)CC(C)(C)O)nc(OCC5(CN(C)C)CC5)nc4c3F)c12. The number of aliphatic hydroxyl groups is 1. The van der Waals surface area contributed by atoms with Crippen molar-refractivity contribution in [1.82, 2.24) is 19.9 Å². The third-order valence-electron chi connectivity index (χ3n) is 7.51. The summed E-state index contributed by atoms with van der Waals surface area (Å²) >= 11 is 0. The summed E-state index contributed by atoms with van der Waals surface area (Å²) in [4.78, 5) is 17.4. The number of hydrogen-bond donors (Lipinski definition) is 2. The number of halogens is 2. The Kier molecular flexibility index (Phi) is 7.50. The minimum Gasteiger partial charge on any atom is -0.508 e. The van der Waals surface area contributed by atoms with Crippen LogP contribution < -0.4 is 9.64 Å². The molecule has 0 saturated heterocycles. The van der Waals surface area contributed by atoms with E-state index in [1.807, 2.05) is 21.0 Å². The second-order valence-corrected chi connectivity index (χ2v) is 12.2. The summed E-state index contributed by atoms with van der Waals surface area (Å²) in [5, 5.41) is 22.3. The number of aromatic hydroxyl groups is 1. The van der Waals surface area contributed by atoms with Gasteiger partial charge in [-0.1, -0.05) is 13.0 Å². The Bertz CT molecular complexity index is 1620. The average Bonchev–Trinajstić information content (AvgIpc) is 3.65. The maximum atomic E-state index is 16.5. The minimum atomic E-state index is -1.05. The second kappa shape index (κ2) is 10.6. The molecule has 0 atom stereocenters. The number of pyridine rings is 1. The lowest BCUT2D eigenvalue weighted by molar-refractivity contribution is 0.0884. The van der Waals surface area contributed by atoms with Crippen LogP contribution in [0.25, 0.3) is 32.9 Å². The van der Waals surface area contributed by atoms with E-state index in [0.717, 1.165) is 19.4 Å². The maximum Gasteiger partial charge on any atom is 0.319 e. The van der Waals surface area contributed by atoms with Crippen LogP contribution >= 0.6 is 0 Å². The molecule has 0 bridgehead atoms. The van der Waals surface area contributed by atoms with Crippen LogP contribution in [0.5, 0.6) is 11.8 Å². The van der Waals surface area contributed by atoms with Crippen molar-refractivity contribution in [2.75, 3.05) is 45.7 Å². The molecule has 0 amide bonds. The van der Waals surface area contributed by atoms with Crippen LogP contribution in [-0.2, 0) is 6.42 Å². The standard InChI is InChI=1S/C31H37F2N5O3/c1-7-20-23(32)9-8-18-12-19(39)13-21(24(18)20)26-25(33)27-22(14-34-26)28(38(6)15-30(2,3)40)36-29(35-27)41-17-31(10-11-31)16-37(4)5/h8-9,12-14,39-40H,7,10-11,15-17H2,1-6H3. The van der Waals surface area contributed by atoms with E-state index < -0.39 is 17.2 Å². The van der Waals surface area contributed by atoms with Crippen molar-refractivity contribution in [3.05, 3.63) is 47.7 Å². The van der Waals surface area contributed by atoms with Crippen molar-refractivity contribution < 1.29 is 23.7 Å². The van der Waals surface area contributed by atoms with Crippen LogP contribution in [0.3, 0.4) is 0 Å². The quantitative estimate of drug-likeness (QED) is 0.267. The molecule has 2 heterocycles. The molecule has 1 fully saturated rings. The average molecular weight is 566 g/mol. The molecule has 2 N–H and O–H groups in total. The number of rotatable bonds is 10. The van der Waals surface area contributed by atoms with Gasteiger partial charge in [-0.3, -0.25) is 4.98 Å². The van der Waals surface area contributed by atoms with Gasteiger partial charge in [-0.25, -0.2) is 8.78 Å². The number of aromatic nitrogens is 3. The molecular weight excluding hydrogens is 528 g/mol. The Morgan fingerprint density at radius 1 is 1.10 bits per heavy atom. The lowest BCUT2D eigenvalue weighted by atomic mass is 9.94. The summed E-state index contributed by atoms with van der Waals surface area (Å²) in [5.74, 6) is -0.868. The predicted molar refractivity (Wildman–Crippen MR) is 157 cm³/mol. The molecule has 218 valence electrons. The van der Waals surface area contributed by atoms with Crippen LogP contribution in [0.4, 0.5) is 14.6 Å². The van der Waals surface area contributed by atoms with Gasteiger partial charge in [0.05, 0.1) is 17.6 Å². The maximum absolute atomic E-state index is 16.5. The summed E-state index contributed by atoms with van der Waals surface area (Å²) in [6.07, 6.45) is 3.89. The summed E-state index contributed by atoms with van der Waals surface area (Å²) in [5.41, 5.74) is -0.446. The Morgan fingerprint density at radius 3 is 2.46 bits per heavy atom. The lowest BCUT2D eigenvalue weighted by Crippen LogP contribution is -2.37. The van der Waals surface area contributed by atoms with E-state index in [-0.39, 0.29) is 40.5 Å². The Labute approximate surface area is 238 Å². The van der Waals surface area contributed by atoms with Gasteiger partial charge < -0.3 is 24.7 Å². The van der Waals surface area contributed by atoms with Gasteiger partial charge >= 0.3 is 6.01 Å². The monoisotopic (exact) mass is 565 g/mol. The van der Waals surface area contributed by atoms with Crippen LogP contribution in [0.1, 0.15) is 39.2 Å². The highest BCUT2D eigenvalue weighted by Crippen LogP contribution is 2.46. The molecular formula is C31H37F2N5O3. The molecule has 4 aromatic rings. The lowest BCUT2D eigenvalue weighted by Gasteiger charge is -2.27. The van der Waals surface area contributed by atoms with E-state index in [4.69, 9.17) is 4.74 Å². The molecule has 5 rings (SSSR count). The van der Waals surface area contributed by atoms with E-state index >= 15 is 4.39 Å². The fourth-order valence-corrected chi connectivity index (χ4v) is 5.67. The molecule has 1 saturated carbocycles. The molecule has 0 spiro atoms. The molecule has 41 heavy (non-hydrogen) atoms. The highest BCUT2D eigenvalue weighted by molar-refractivity contribution is 6.01. The zero-order valence-corrected chi connectivity index (χ0v) is 24.4. The van der Waals surface area contributed by atoms with Gasteiger partial charge in [0.15, 0.2) is 5.82 Å². The molecule has 0 unspecified atom stereocenters. The fraction of sp³-hybridized carbons (Fsp3) is 0.452. The van der Waals surface area contributed by atoms with Crippen molar-refractivity contribution in [2.45, 2.75) is 45.6 Å². The highest BCUT2D eigenvalue weighted by atomic mass is 19.1. The molecule has 2 aromatic heterocycles. The number of benzene rings is 2. The van der Waals surface area contributed by atoms with Crippen molar-refractivity contribution in [1.29, 1.82) is 0 Å². The summed E-state index contributed by atoms with van der Waals surface area (Å²) in [6.45, 7) is 6.64. The molecule has 0 aliphatic heterocycles. The Hall–Kier alpha value is -3.63. The smallest absolute Gasteiger partial charge is 0.319 e. The number of anilines is 1. The first-order valence-corrected chi connectivity index (χ1v) is 13.8. The topological polar surface area (TPSA) is 94.8 Å². The number of hydrogen-bond acceptors (Lipinski definition) is 8. The van der Waals surface area contributed by atoms with Crippen LogP contribution in [0.2, 0.25) is 0 Å². The number of nitrogens with zero attached hydrogens (tertiary/aromatic N) is 5. The number of ether oxygens (including phenoxy) is 1. The largest absolute Gasteiger partial charge is 0.508 e. The van der Waals surface area contributed by atoms with Crippen molar-refractivity contribution in [2.24, 2.45) is 5.41 Å². The summed E-state index contributed by atoms with van der Waals surface area (Å²) in [6, 6.07) is 5.85. The van der Waals surface area contributed by atoms with Gasteiger partial charge in [0.25, 0.3) is 0 Å². The first kappa shape index (κ1) is 28.9. The molecule has 10 heteroatoms. The van der Waals surface area contributed by atoms with Crippen LogP contribution in [0, 0.1) is 17.0 Å². The van der Waals surface area contributed by atoms with E-state index in [2.05, 4.69) is 19.9 Å². The predicted octanol–water partition coefficient (Wildman–Crippen LogP) is 5.32. The third kappa shape index (κ3) is 5.90. The molecule has 2 aromatic carbocycles. The van der Waals surface area contributed by atoms with E-state index in [0.29, 0.717) is 40.6 Å². The van der Waals surface area contributed by atoms with Gasteiger partial charge in [-0.05, 0) is 81.7 Å². The fourth-order valence-electron chi connectivity index (χ4n) is 5.67. The molecule has 1 aliphatic carbocycles. The Balaban J connectivity index is 1.68. The number of phenolic OH excluding ortho intramolecular Hbond substituents is 1. The first-order chi connectivity index (χ1) is 19.3. The normalized spacial score (nSPS) is 14.7. The number of fused-ring (bicyclic) bond motifs is 2. The van der Waals surface area contributed by atoms with Crippen LogP contribution in [0.15, 0.2) is 30.5 Å². The second-order valence-electron chi connectivity index (χ2n) is 12.2. The molecule has 1 aliphatic rings. The zero-order chi connectivity index (χ0) is 29.7. The van der Waals surface area contributed by atoms with Crippen molar-refractivity contribution in [3.63, 3.8) is 0 Å². The van der Waals surface area contributed by atoms with Crippen molar-refractivity contribution >= 4 is 27.5 Å². The molecule has 8 nitrogen and oxygen atoms in total. The number of aryl methyl sites for hydroxylation is 1. The number of likely N-dealkylation sites (N-methyl/N-ethyl adjacent to an activating group) is 1. The minimum absolute atomic E-state index is 0.00400. The van der Waals surface area contributed by atoms with E-state index in [1.54, 1.807) is 31.9 Å². The summed E-state index contributed by atoms with van der Waals surface area (Å²) < 4.78 is 37.4. The zero-order valence-electron chi connectivity index (χ0n) is 24.4. The van der Waals surface area contributed by atoms with Gasteiger partial charge in [-0.2, -0.15) is 9.97 Å². The van der Waals surface area contributed by atoms with E-state index in [9.17, 15) is 14.6 Å². The van der Waals surface area contributed by atoms with E-state index in [1.165, 1.54) is 24.4 Å². The summed E-state index contributed by atoms with van der Waals surface area (Å²) in [7, 11) is 5.78. The third-order valence-corrected chi connectivity index (χ3v) is 7.51. The molecule has 0 radical (unpaired) electrons. The van der Waals surface area contributed by atoms with Gasteiger partial charge in [-0.15, -0.1) is 0 Å². The Morgan fingerprint density at radius 2 is 1.83 bits per heavy atom. The van der Waals surface area contributed by atoms with Gasteiger partial charge in [0, 0.05) is 37.3 Å². The van der Waals surface area contributed by atoms with Crippen molar-refractivity contribution in [3.8, 4) is 23.0 Å². The van der Waals surface area contributed by atoms with Crippen LogP contribution in [-0.4, -0.2) is 76.5 Å². The van der Waals surface area contributed by atoms with Gasteiger partial charge in [0.1, 0.15) is 28.6 Å². The van der Waals surface area contributed by atoms with Gasteiger partial charge in [0.2, 0.25) is 0 Å². The highest BCUT2D eigenvalue weighted by Gasteiger charge is 2.44. The first-order valence-electron chi connectivity index (χ1n) is 13.8. The number of phenols is 1.